The third-order valence-corrected chi connectivity index (χ3v) is 4.67. The molecule has 0 bridgehead atoms. The predicted molar refractivity (Wildman–Crippen MR) is 120 cm³/mol. The maximum atomic E-state index is 10.6. The van der Waals surface area contributed by atoms with Gasteiger partial charge in [-0.3, -0.25) is 4.55 Å². The van der Waals surface area contributed by atoms with Crippen LogP contribution in [0.2, 0.25) is 0 Å². The smallest absolute Gasteiger partial charge is 0.335 e. The van der Waals surface area contributed by atoms with Crippen LogP contribution in [0.15, 0.2) is 77.7 Å². The number of nitrogens with two attached hydrogens (primary N) is 3. The molecule has 0 aliphatic rings. The van der Waals surface area contributed by atoms with E-state index in [-0.39, 0.29) is 21.7 Å². The molecule has 0 aromatic heterocycles. The third kappa shape index (κ3) is 8.83. The third-order valence-electron chi connectivity index (χ3n) is 3.75. The molecule has 32 heavy (non-hydrogen) atoms. The number of anilines is 2. The fraction of sp³-hybridized carbons (Fsp3) is 0.0476. The van der Waals surface area contributed by atoms with Crippen LogP contribution < -0.4 is 17.2 Å². The lowest BCUT2D eigenvalue weighted by Gasteiger charge is -2.01. The summed E-state index contributed by atoms with van der Waals surface area (Å²) in [7, 11) is -4.23. The highest BCUT2D eigenvalue weighted by atomic mass is 32.2. The molecule has 0 radical (unpaired) electrons. The summed E-state index contributed by atoms with van der Waals surface area (Å²) in [4.78, 5) is 20.4. The van der Waals surface area contributed by atoms with E-state index >= 15 is 0 Å². The Labute approximate surface area is 184 Å². The average Bonchev–Trinajstić information content (AvgIpc) is 2.74. The minimum absolute atomic E-state index is 0.0186. The van der Waals surface area contributed by atoms with Crippen molar-refractivity contribution in [3.63, 3.8) is 0 Å². The Balaban J connectivity index is 0.000000245. The van der Waals surface area contributed by atoms with Crippen LogP contribution in [0.3, 0.4) is 0 Å². The first-order chi connectivity index (χ1) is 15.0. The molecule has 10 nitrogen and oxygen atoms in total. The van der Waals surface area contributed by atoms with Gasteiger partial charge in [0, 0.05) is 12.2 Å². The highest BCUT2D eigenvalue weighted by Crippen LogP contribution is 2.20. The Morgan fingerprint density at radius 2 is 1.31 bits per heavy atom. The van der Waals surface area contributed by atoms with Crippen LogP contribution in [0, 0.1) is 0 Å². The first-order valence-corrected chi connectivity index (χ1v) is 10.3. The molecule has 0 aliphatic carbocycles. The van der Waals surface area contributed by atoms with Crippen LogP contribution in [0.25, 0.3) is 0 Å². The average molecular weight is 461 g/mol. The summed E-state index contributed by atoms with van der Waals surface area (Å²) in [5.41, 5.74) is 17.4. The summed E-state index contributed by atoms with van der Waals surface area (Å²) in [6.07, 6.45) is 0. The van der Waals surface area contributed by atoms with Crippen molar-refractivity contribution < 1.29 is 32.8 Å². The van der Waals surface area contributed by atoms with Gasteiger partial charge in [-0.1, -0.05) is 36.4 Å². The Kier molecular flexibility index (Phi) is 9.83. The highest BCUT2D eigenvalue weighted by Gasteiger charge is 2.12. The van der Waals surface area contributed by atoms with Crippen molar-refractivity contribution in [3.8, 4) is 0 Å². The molecule has 3 aromatic rings. The van der Waals surface area contributed by atoms with Gasteiger partial charge in [0.1, 0.15) is 4.90 Å². The molecule has 170 valence electrons. The second kappa shape index (κ2) is 12.1. The molecular weight excluding hydrogens is 438 g/mol. The lowest BCUT2D eigenvalue weighted by atomic mass is 10.1. The van der Waals surface area contributed by atoms with Crippen molar-refractivity contribution in [2.75, 3.05) is 11.5 Å². The lowest BCUT2D eigenvalue weighted by molar-refractivity contribution is 0.0696. The van der Waals surface area contributed by atoms with Gasteiger partial charge in [-0.2, -0.15) is 8.42 Å². The maximum Gasteiger partial charge on any atom is 0.335 e. The molecule has 0 aliphatic heterocycles. The van der Waals surface area contributed by atoms with E-state index in [4.69, 9.17) is 32.0 Å². The summed E-state index contributed by atoms with van der Waals surface area (Å²) in [5, 5.41) is 17.0. The van der Waals surface area contributed by atoms with Crippen molar-refractivity contribution in [1.82, 2.24) is 0 Å². The summed E-state index contributed by atoms with van der Waals surface area (Å²) in [6.45, 7) is 0.640. The van der Waals surface area contributed by atoms with E-state index in [1.54, 1.807) is 0 Å². The standard InChI is InChI=1S/C8H6O4.C7H9N.C6H8N2O3S/c9-7(10)5-2-1-3-6(4-5)8(11)12;8-6-7-4-2-1-3-5-7;7-4-1-2-6(5(8)3-4)12(9,10)11/h1-4H,(H,9,10)(H,11,12);1-5H,6,8H2;1-3H,7-8H2,(H,9,10,11). The number of carboxylic acids is 2. The molecule has 0 atom stereocenters. The van der Waals surface area contributed by atoms with Crippen LogP contribution in [-0.2, 0) is 16.7 Å². The van der Waals surface area contributed by atoms with Gasteiger partial charge < -0.3 is 27.4 Å². The highest BCUT2D eigenvalue weighted by molar-refractivity contribution is 7.86. The van der Waals surface area contributed by atoms with Gasteiger partial charge in [0.05, 0.1) is 16.8 Å². The van der Waals surface area contributed by atoms with Crippen molar-refractivity contribution >= 4 is 33.4 Å². The molecule has 0 amide bonds. The number of hydrogen-bond acceptors (Lipinski definition) is 7. The zero-order valence-electron chi connectivity index (χ0n) is 16.8. The predicted octanol–water partition coefficient (Wildman–Crippen LogP) is 2.33. The molecule has 3 aromatic carbocycles. The molecule has 9 N–H and O–H groups in total. The van der Waals surface area contributed by atoms with Gasteiger partial charge in [-0.05, 0) is 42.0 Å². The number of rotatable bonds is 4. The summed E-state index contributed by atoms with van der Waals surface area (Å²) < 4.78 is 29.8. The van der Waals surface area contributed by atoms with Crippen molar-refractivity contribution in [2.45, 2.75) is 11.4 Å². The van der Waals surface area contributed by atoms with Gasteiger partial charge in [0.15, 0.2) is 0 Å². The number of carbonyl (C=O) groups is 2. The van der Waals surface area contributed by atoms with Crippen molar-refractivity contribution in [2.24, 2.45) is 5.73 Å². The van der Waals surface area contributed by atoms with Gasteiger partial charge in [-0.15, -0.1) is 0 Å². The molecule has 0 heterocycles. The molecule has 3 rings (SSSR count). The van der Waals surface area contributed by atoms with Crippen LogP contribution in [0.5, 0.6) is 0 Å². The van der Waals surface area contributed by atoms with Crippen LogP contribution in [0.1, 0.15) is 26.3 Å². The van der Waals surface area contributed by atoms with Crippen molar-refractivity contribution in [3.05, 3.63) is 89.5 Å². The molecule has 0 spiro atoms. The minimum atomic E-state index is -4.23. The molecule has 11 heteroatoms. The SMILES string of the molecule is NCc1ccccc1.Nc1ccc(S(=O)(=O)O)c(N)c1.O=C(O)c1cccc(C(=O)O)c1. The van der Waals surface area contributed by atoms with Gasteiger partial charge in [0.25, 0.3) is 10.1 Å². The molecule has 0 saturated carbocycles. The van der Waals surface area contributed by atoms with Gasteiger partial charge in [-0.25, -0.2) is 9.59 Å². The monoisotopic (exact) mass is 461 g/mol. The summed E-state index contributed by atoms with van der Waals surface area (Å²) >= 11 is 0. The van der Waals surface area contributed by atoms with E-state index in [1.165, 1.54) is 35.9 Å². The number of nitrogen functional groups attached to an aromatic ring is 2. The quantitative estimate of drug-likeness (QED) is 0.247. The van der Waals surface area contributed by atoms with Crippen LogP contribution in [0.4, 0.5) is 11.4 Å². The fourth-order valence-electron chi connectivity index (χ4n) is 2.20. The molecule has 0 saturated heterocycles. The Morgan fingerprint density at radius 1 is 0.781 bits per heavy atom. The molecule has 0 unspecified atom stereocenters. The number of carboxylic acid groups (broad SMARTS) is 2. The molecular formula is C21H23N3O7S. The second-order valence-corrected chi connectivity index (χ2v) is 7.54. The summed E-state index contributed by atoms with van der Waals surface area (Å²) in [6, 6.07) is 19.0. The zero-order valence-corrected chi connectivity index (χ0v) is 17.6. The Morgan fingerprint density at radius 3 is 1.69 bits per heavy atom. The maximum absolute atomic E-state index is 10.6. The number of benzene rings is 3. The number of aromatic carboxylic acids is 2. The van der Waals surface area contributed by atoms with E-state index in [1.807, 2.05) is 30.3 Å². The van der Waals surface area contributed by atoms with Crippen LogP contribution in [-0.4, -0.2) is 35.1 Å². The summed E-state index contributed by atoms with van der Waals surface area (Å²) in [5.74, 6) is -2.25. The van der Waals surface area contributed by atoms with E-state index in [0.717, 1.165) is 12.1 Å². The minimum Gasteiger partial charge on any atom is -0.478 e. The first-order valence-electron chi connectivity index (χ1n) is 8.88. The van der Waals surface area contributed by atoms with E-state index in [2.05, 4.69) is 0 Å². The fourth-order valence-corrected chi connectivity index (χ4v) is 2.80. The lowest BCUT2D eigenvalue weighted by Crippen LogP contribution is -2.03. The van der Waals surface area contributed by atoms with E-state index in [0.29, 0.717) is 12.2 Å². The normalized spacial score (nSPS) is 10.1. The first kappa shape index (κ1) is 26.1. The largest absolute Gasteiger partial charge is 0.478 e. The zero-order chi connectivity index (χ0) is 24.3. The Bertz CT molecular complexity index is 1140. The van der Waals surface area contributed by atoms with Gasteiger partial charge in [0.2, 0.25) is 0 Å². The Hall–Kier alpha value is -3.93. The molecule has 0 fully saturated rings. The van der Waals surface area contributed by atoms with Gasteiger partial charge >= 0.3 is 11.9 Å². The van der Waals surface area contributed by atoms with Crippen LogP contribution >= 0.6 is 0 Å². The second-order valence-electron chi connectivity index (χ2n) is 6.15. The van der Waals surface area contributed by atoms with E-state index < -0.39 is 22.1 Å². The number of hydrogen-bond donors (Lipinski definition) is 6. The van der Waals surface area contributed by atoms with E-state index in [9.17, 15) is 18.0 Å². The van der Waals surface area contributed by atoms with Crippen molar-refractivity contribution in [1.29, 1.82) is 0 Å². The topological polar surface area (TPSA) is 207 Å².